The third-order valence-electron chi connectivity index (χ3n) is 5.60. The van der Waals surface area contributed by atoms with E-state index in [1.807, 2.05) is 6.92 Å². The molecule has 0 saturated carbocycles. The maximum atomic E-state index is 13.8. The molecule has 0 bridgehead atoms. The van der Waals surface area contributed by atoms with Gasteiger partial charge >= 0.3 is 5.97 Å². The van der Waals surface area contributed by atoms with E-state index in [1.54, 1.807) is 37.5 Å². The van der Waals surface area contributed by atoms with Crippen LogP contribution in [0.5, 0.6) is 0 Å². The lowest BCUT2D eigenvalue weighted by atomic mass is 9.89. The Labute approximate surface area is 186 Å². The number of carboxylic acid groups (broad SMARTS) is 1. The van der Waals surface area contributed by atoms with E-state index in [9.17, 15) is 19.4 Å². The molecule has 5 nitrogen and oxygen atoms in total. The van der Waals surface area contributed by atoms with E-state index in [0.717, 1.165) is 33.2 Å². The van der Waals surface area contributed by atoms with Crippen molar-refractivity contribution in [3.8, 4) is 11.1 Å². The molecule has 0 aliphatic carbocycles. The van der Waals surface area contributed by atoms with Crippen LogP contribution < -0.4 is 0 Å². The number of carboxylic acids is 1. The number of aliphatic hydroxyl groups excluding tert-OH is 2. The van der Waals surface area contributed by atoms with Gasteiger partial charge in [0.15, 0.2) is 0 Å². The molecule has 0 radical (unpaired) electrons. The average molecular weight is 441 g/mol. The predicted molar refractivity (Wildman–Crippen MR) is 123 cm³/mol. The van der Waals surface area contributed by atoms with E-state index in [4.69, 9.17) is 9.52 Å². The van der Waals surface area contributed by atoms with Crippen LogP contribution in [-0.2, 0) is 4.79 Å². The number of carbonyl (C=O) groups is 1. The lowest BCUT2D eigenvalue weighted by Gasteiger charge is -2.15. The van der Waals surface area contributed by atoms with E-state index in [0.29, 0.717) is 11.1 Å². The number of fused-ring (bicyclic) bond motifs is 1. The summed E-state index contributed by atoms with van der Waals surface area (Å²) in [6.45, 7) is 7.84. The minimum Gasteiger partial charge on any atom is -0.481 e. The number of hydrogen-bond donors (Lipinski definition) is 3. The van der Waals surface area contributed by atoms with Crippen molar-refractivity contribution in [2.24, 2.45) is 0 Å². The van der Waals surface area contributed by atoms with Gasteiger partial charge in [0, 0.05) is 17.4 Å². The zero-order valence-corrected chi connectivity index (χ0v) is 18.7. The van der Waals surface area contributed by atoms with Gasteiger partial charge in [-0.2, -0.15) is 0 Å². The van der Waals surface area contributed by atoms with Crippen LogP contribution in [0.15, 0.2) is 41.0 Å². The topological polar surface area (TPSA) is 90.9 Å². The number of halogens is 1. The molecule has 0 unspecified atom stereocenters. The van der Waals surface area contributed by atoms with Crippen molar-refractivity contribution in [2.45, 2.75) is 58.7 Å². The van der Waals surface area contributed by atoms with E-state index in [-0.39, 0.29) is 18.2 Å². The van der Waals surface area contributed by atoms with Crippen molar-refractivity contribution in [2.75, 3.05) is 0 Å². The Bertz CT molecular complexity index is 1160. The molecule has 1 heterocycles. The fourth-order valence-corrected chi connectivity index (χ4v) is 3.97. The summed E-state index contributed by atoms with van der Waals surface area (Å²) in [5.41, 5.74) is 5.82. The molecule has 170 valence electrons. The van der Waals surface area contributed by atoms with Crippen LogP contribution in [0.25, 0.3) is 28.2 Å². The Morgan fingerprint density at radius 2 is 1.88 bits per heavy atom. The van der Waals surface area contributed by atoms with Gasteiger partial charge in [-0.3, -0.25) is 4.79 Å². The maximum Gasteiger partial charge on any atom is 0.305 e. The lowest BCUT2D eigenvalue weighted by Crippen LogP contribution is -2.19. The van der Waals surface area contributed by atoms with Crippen molar-refractivity contribution < 1.29 is 28.9 Å². The van der Waals surface area contributed by atoms with Crippen molar-refractivity contribution in [3.05, 3.63) is 64.7 Å². The summed E-state index contributed by atoms with van der Waals surface area (Å²) >= 11 is 0. The van der Waals surface area contributed by atoms with E-state index in [2.05, 4.69) is 19.9 Å². The molecule has 2 atom stereocenters. The molecule has 2 aromatic carbocycles. The molecular formula is C26H29FO5. The normalized spacial score (nSPS) is 13.9. The standard InChI is InChI=1S/C26H29FO5/c1-14(2)21-10-16(4)26-25(20(21)7-6-18(28)11-19(29)12-24(30)31)22(13-32-26)17-5-8-23(27)15(3)9-17/h5-10,13-14,18-19,28-29H,11-12H2,1-4H3,(H,30,31)/t18-,19-/m1/s1. The molecule has 6 heteroatoms. The average Bonchev–Trinajstić information content (AvgIpc) is 3.14. The van der Waals surface area contributed by atoms with E-state index >= 15 is 0 Å². The van der Waals surface area contributed by atoms with Gasteiger partial charge in [-0.25, -0.2) is 4.39 Å². The summed E-state index contributed by atoms with van der Waals surface area (Å²) in [4.78, 5) is 10.8. The molecule has 0 saturated heterocycles. The van der Waals surface area contributed by atoms with Crippen LogP contribution in [0.2, 0.25) is 0 Å². The quantitative estimate of drug-likeness (QED) is 0.425. The molecule has 0 amide bonds. The second-order valence-corrected chi connectivity index (χ2v) is 8.58. The summed E-state index contributed by atoms with van der Waals surface area (Å²) in [7, 11) is 0. The predicted octanol–water partition coefficient (Wildman–Crippen LogP) is 5.58. The molecule has 0 aliphatic rings. The lowest BCUT2D eigenvalue weighted by molar-refractivity contribution is -0.139. The Kier molecular flexibility index (Phi) is 7.16. The van der Waals surface area contributed by atoms with Gasteiger partial charge in [0.25, 0.3) is 0 Å². The SMILES string of the molecule is Cc1cc(-c2coc3c(C)cc(C(C)C)c(C=C[C@@H](O)C[C@@H](O)CC(=O)O)c23)ccc1F. The van der Waals surface area contributed by atoms with Crippen molar-refractivity contribution >= 4 is 23.0 Å². The molecule has 3 N–H and O–H groups in total. The highest BCUT2D eigenvalue weighted by molar-refractivity contribution is 6.02. The molecule has 1 aromatic heterocycles. The summed E-state index contributed by atoms with van der Waals surface area (Å²) in [5, 5.41) is 29.8. The van der Waals surface area contributed by atoms with Gasteiger partial charge in [0.1, 0.15) is 11.4 Å². The number of benzene rings is 2. The Hall–Kier alpha value is -2.96. The van der Waals surface area contributed by atoms with Crippen LogP contribution in [0.1, 0.15) is 54.9 Å². The van der Waals surface area contributed by atoms with Crippen LogP contribution in [-0.4, -0.2) is 33.5 Å². The summed E-state index contributed by atoms with van der Waals surface area (Å²) < 4.78 is 19.7. The first-order chi connectivity index (χ1) is 15.1. The van der Waals surface area contributed by atoms with Crippen molar-refractivity contribution in [3.63, 3.8) is 0 Å². The second kappa shape index (κ2) is 9.67. The number of aliphatic hydroxyl groups is 2. The fourth-order valence-electron chi connectivity index (χ4n) is 3.97. The first-order valence-corrected chi connectivity index (χ1v) is 10.7. The van der Waals surface area contributed by atoms with Gasteiger partial charge in [-0.1, -0.05) is 38.1 Å². The van der Waals surface area contributed by atoms with Gasteiger partial charge < -0.3 is 19.7 Å². The Morgan fingerprint density at radius 1 is 1.16 bits per heavy atom. The van der Waals surface area contributed by atoms with Gasteiger partial charge in [0.05, 0.1) is 24.9 Å². The van der Waals surface area contributed by atoms with Crippen LogP contribution in [0, 0.1) is 19.7 Å². The smallest absolute Gasteiger partial charge is 0.305 e. The summed E-state index contributed by atoms with van der Waals surface area (Å²) in [6.07, 6.45) is 2.37. The highest BCUT2D eigenvalue weighted by atomic mass is 19.1. The van der Waals surface area contributed by atoms with E-state index < -0.39 is 24.6 Å². The minimum absolute atomic E-state index is 0.0791. The van der Waals surface area contributed by atoms with Gasteiger partial charge in [-0.05, 0) is 59.7 Å². The molecule has 3 rings (SSSR count). The maximum absolute atomic E-state index is 13.8. The molecule has 3 aromatic rings. The zero-order valence-electron chi connectivity index (χ0n) is 18.7. The molecule has 0 fully saturated rings. The fraction of sp³-hybridized carbons (Fsp3) is 0.346. The number of aliphatic carboxylic acids is 1. The van der Waals surface area contributed by atoms with E-state index in [1.165, 1.54) is 6.07 Å². The highest BCUT2D eigenvalue weighted by Gasteiger charge is 2.20. The summed E-state index contributed by atoms with van der Waals surface area (Å²) in [5.74, 6) is -1.21. The van der Waals surface area contributed by atoms with Crippen LogP contribution >= 0.6 is 0 Å². The monoisotopic (exact) mass is 440 g/mol. The molecule has 0 aliphatic heterocycles. The Balaban J connectivity index is 2.11. The molecule has 0 spiro atoms. The van der Waals surface area contributed by atoms with Gasteiger partial charge in [-0.15, -0.1) is 0 Å². The van der Waals surface area contributed by atoms with Crippen molar-refractivity contribution in [1.82, 2.24) is 0 Å². The van der Waals surface area contributed by atoms with Gasteiger partial charge in [0.2, 0.25) is 0 Å². The van der Waals surface area contributed by atoms with Crippen LogP contribution in [0.3, 0.4) is 0 Å². The Morgan fingerprint density at radius 3 is 2.50 bits per heavy atom. The molecular weight excluding hydrogens is 411 g/mol. The van der Waals surface area contributed by atoms with Crippen molar-refractivity contribution in [1.29, 1.82) is 0 Å². The largest absolute Gasteiger partial charge is 0.481 e. The van der Waals surface area contributed by atoms with Crippen LogP contribution in [0.4, 0.5) is 4.39 Å². The zero-order chi connectivity index (χ0) is 23.6. The number of rotatable bonds is 8. The third-order valence-corrected chi connectivity index (χ3v) is 5.60. The summed E-state index contributed by atoms with van der Waals surface area (Å²) in [6, 6.07) is 6.99. The highest BCUT2D eigenvalue weighted by Crippen LogP contribution is 2.39. The minimum atomic E-state index is -1.14. The second-order valence-electron chi connectivity index (χ2n) is 8.58. The number of furan rings is 1. The third kappa shape index (κ3) is 5.09. The molecule has 32 heavy (non-hydrogen) atoms. The first kappa shape index (κ1) is 23.7. The number of hydrogen-bond acceptors (Lipinski definition) is 4. The number of aryl methyl sites for hydroxylation is 2. The first-order valence-electron chi connectivity index (χ1n) is 10.7.